The summed E-state index contributed by atoms with van der Waals surface area (Å²) in [6, 6.07) is 11.9. The first kappa shape index (κ1) is 29.5. The van der Waals surface area contributed by atoms with Crippen molar-refractivity contribution in [1.82, 2.24) is 9.97 Å². The number of halogens is 1. The first-order valence-corrected chi connectivity index (χ1v) is 14.5. The van der Waals surface area contributed by atoms with Crippen LogP contribution in [-0.4, -0.2) is 15.9 Å². The van der Waals surface area contributed by atoms with Gasteiger partial charge in [0.25, 0.3) is 0 Å². The number of esters is 1. The molecule has 0 fully saturated rings. The zero-order chi connectivity index (χ0) is 27.0. The molecule has 0 aliphatic rings. The topological polar surface area (TPSA) is 52.1 Å². The van der Waals surface area contributed by atoms with Crippen molar-refractivity contribution in [2.75, 3.05) is 0 Å². The molecule has 0 radical (unpaired) electrons. The van der Waals surface area contributed by atoms with Gasteiger partial charge in [0.15, 0.2) is 17.4 Å². The van der Waals surface area contributed by atoms with Crippen LogP contribution in [0.2, 0.25) is 0 Å². The van der Waals surface area contributed by atoms with E-state index in [0.29, 0.717) is 17.0 Å². The fourth-order valence-corrected chi connectivity index (χ4v) is 4.54. The van der Waals surface area contributed by atoms with Gasteiger partial charge in [0.1, 0.15) is 0 Å². The third-order valence-corrected chi connectivity index (χ3v) is 6.93. The van der Waals surface area contributed by atoms with Crippen molar-refractivity contribution in [3.05, 3.63) is 77.4 Å². The molecular formula is C33H43FN2O2. The number of aromatic nitrogens is 2. The SMILES string of the molecule is CCCCCCCCc1ccc(C(=O)Oc2ccc(-c3ncc(CCCCCCCC)cn3)cc2F)cc1. The lowest BCUT2D eigenvalue weighted by atomic mass is 10.0. The largest absolute Gasteiger partial charge is 0.420 e. The lowest BCUT2D eigenvalue weighted by Gasteiger charge is -2.08. The number of aryl methyl sites for hydroxylation is 2. The summed E-state index contributed by atoms with van der Waals surface area (Å²) in [5.41, 5.74) is 3.25. The summed E-state index contributed by atoms with van der Waals surface area (Å²) in [6.07, 6.45) is 20.6. The lowest BCUT2D eigenvalue weighted by molar-refractivity contribution is 0.0728. The molecule has 1 aromatic heterocycles. The second-order valence-corrected chi connectivity index (χ2v) is 10.2. The van der Waals surface area contributed by atoms with Gasteiger partial charge >= 0.3 is 5.97 Å². The number of nitrogens with zero attached hydrogens (tertiary/aromatic N) is 2. The van der Waals surface area contributed by atoms with E-state index < -0.39 is 11.8 Å². The van der Waals surface area contributed by atoms with E-state index in [9.17, 15) is 9.18 Å². The van der Waals surface area contributed by atoms with Crippen molar-refractivity contribution in [3.63, 3.8) is 0 Å². The van der Waals surface area contributed by atoms with Crippen LogP contribution in [0.3, 0.4) is 0 Å². The van der Waals surface area contributed by atoms with Crippen LogP contribution < -0.4 is 4.74 Å². The molecule has 1 heterocycles. The van der Waals surface area contributed by atoms with Crippen LogP contribution in [0.25, 0.3) is 11.4 Å². The molecule has 4 nitrogen and oxygen atoms in total. The second kappa shape index (κ2) is 16.7. The highest BCUT2D eigenvalue weighted by molar-refractivity contribution is 5.91. The number of ether oxygens (including phenoxy) is 1. The first-order valence-electron chi connectivity index (χ1n) is 14.5. The average Bonchev–Trinajstić information content (AvgIpc) is 2.94. The fraction of sp³-hybridized carbons (Fsp3) is 0.485. The monoisotopic (exact) mass is 518 g/mol. The van der Waals surface area contributed by atoms with E-state index in [0.717, 1.165) is 31.2 Å². The van der Waals surface area contributed by atoms with E-state index in [1.165, 1.54) is 81.9 Å². The molecule has 38 heavy (non-hydrogen) atoms. The van der Waals surface area contributed by atoms with Crippen LogP contribution in [-0.2, 0) is 12.8 Å². The van der Waals surface area contributed by atoms with Crippen molar-refractivity contribution in [2.45, 2.75) is 104 Å². The van der Waals surface area contributed by atoms with Crippen molar-refractivity contribution in [3.8, 4) is 17.1 Å². The van der Waals surface area contributed by atoms with Crippen LogP contribution >= 0.6 is 0 Å². The van der Waals surface area contributed by atoms with Gasteiger partial charge in [-0.05, 0) is 67.1 Å². The molecule has 3 rings (SSSR count). The summed E-state index contributed by atoms with van der Waals surface area (Å²) < 4.78 is 20.1. The molecule has 204 valence electrons. The minimum absolute atomic E-state index is 0.102. The van der Waals surface area contributed by atoms with Crippen molar-refractivity contribution in [2.24, 2.45) is 0 Å². The number of carbonyl (C=O) groups is 1. The Balaban J connectivity index is 1.48. The van der Waals surface area contributed by atoms with Gasteiger partial charge in [-0.15, -0.1) is 0 Å². The van der Waals surface area contributed by atoms with Gasteiger partial charge in [0.2, 0.25) is 0 Å². The molecular weight excluding hydrogens is 475 g/mol. The minimum Gasteiger partial charge on any atom is -0.420 e. The van der Waals surface area contributed by atoms with Crippen molar-refractivity contribution >= 4 is 5.97 Å². The van der Waals surface area contributed by atoms with E-state index in [1.807, 2.05) is 24.5 Å². The van der Waals surface area contributed by atoms with E-state index in [4.69, 9.17) is 4.74 Å². The highest BCUT2D eigenvalue weighted by Gasteiger charge is 2.14. The maximum absolute atomic E-state index is 14.8. The lowest BCUT2D eigenvalue weighted by Crippen LogP contribution is -2.09. The first-order chi connectivity index (χ1) is 18.6. The maximum Gasteiger partial charge on any atom is 0.343 e. The molecule has 3 aromatic rings. The van der Waals surface area contributed by atoms with Gasteiger partial charge in [-0.3, -0.25) is 0 Å². The molecule has 0 aliphatic heterocycles. The molecule has 0 amide bonds. The summed E-state index contributed by atoms with van der Waals surface area (Å²) in [4.78, 5) is 21.4. The minimum atomic E-state index is -0.615. The number of unbranched alkanes of at least 4 members (excludes halogenated alkanes) is 10. The fourth-order valence-electron chi connectivity index (χ4n) is 4.54. The zero-order valence-electron chi connectivity index (χ0n) is 23.2. The highest BCUT2D eigenvalue weighted by atomic mass is 19.1. The molecule has 0 atom stereocenters. The summed E-state index contributed by atoms with van der Waals surface area (Å²) in [5, 5.41) is 0. The van der Waals surface area contributed by atoms with Gasteiger partial charge in [0.05, 0.1) is 5.56 Å². The van der Waals surface area contributed by atoms with Crippen LogP contribution in [0.4, 0.5) is 4.39 Å². The molecule has 0 saturated heterocycles. The van der Waals surface area contributed by atoms with Gasteiger partial charge in [-0.1, -0.05) is 90.2 Å². The predicted molar refractivity (Wildman–Crippen MR) is 153 cm³/mol. The Morgan fingerprint density at radius 3 is 1.84 bits per heavy atom. The number of rotatable bonds is 17. The van der Waals surface area contributed by atoms with Crippen LogP contribution in [0, 0.1) is 5.82 Å². The quantitative estimate of drug-likeness (QED) is 0.101. The Morgan fingerprint density at radius 2 is 1.26 bits per heavy atom. The predicted octanol–water partition coefficient (Wildman–Crippen LogP) is 9.31. The van der Waals surface area contributed by atoms with E-state index in [-0.39, 0.29) is 5.75 Å². The summed E-state index contributed by atoms with van der Waals surface area (Å²) in [7, 11) is 0. The highest BCUT2D eigenvalue weighted by Crippen LogP contribution is 2.25. The molecule has 0 spiro atoms. The number of hydrogen-bond donors (Lipinski definition) is 0. The molecule has 2 aromatic carbocycles. The number of hydrogen-bond acceptors (Lipinski definition) is 4. The van der Waals surface area contributed by atoms with Crippen LogP contribution in [0.5, 0.6) is 5.75 Å². The summed E-state index contributed by atoms with van der Waals surface area (Å²) in [5.74, 6) is -0.836. The van der Waals surface area contributed by atoms with Crippen molar-refractivity contribution in [1.29, 1.82) is 0 Å². The molecule has 0 saturated carbocycles. The second-order valence-electron chi connectivity index (χ2n) is 10.2. The molecule has 0 aliphatic carbocycles. The Hall–Kier alpha value is -3.08. The normalized spacial score (nSPS) is 11.0. The third-order valence-electron chi connectivity index (χ3n) is 6.93. The van der Waals surface area contributed by atoms with Crippen molar-refractivity contribution < 1.29 is 13.9 Å². The smallest absolute Gasteiger partial charge is 0.343 e. The zero-order valence-corrected chi connectivity index (χ0v) is 23.2. The molecule has 5 heteroatoms. The van der Waals surface area contributed by atoms with E-state index in [1.54, 1.807) is 18.2 Å². The molecule has 0 unspecified atom stereocenters. The Kier molecular flexibility index (Phi) is 13.0. The van der Waals surface area contributed by atoms with E-state index >= 15 is 0 Å². The maximum atomic E-state index is 14.8. The van der Waals surface area contributed by atoms with Gasteiger partial charge in [-0.2, -0.15) is 0 Å². The third kappa shape index (κ3) is 10.00. The van der Waals surface area contributed by atoms with Gasteiger partial charge in [0, 0.05) is 18.0 Å². The number of benzene rings is 2. The Bertz CT molecular complexity index is 1100. The molecule has 0 bridgehead atoms. The van der Waals surface area contributed by atoms with Gasteiger partial charge < -0.3 is 4.74 Å². The van der Waals surface area contributed by atoms with Crippen LogP contribution in [0.1, 0.15) is 112 Å². The standard InChI is InChI=1S/C33H43FN2O2/c1-3-5-7-9-11-13-15-26-17-19-28(20-18-26)33(37)38-31-22-21-29(23-30(31)34)32-35-24-27(25-36-32)16-14-12-10-8-6-4-2/h17-25H,3-16H2,1-2H3. The molecule has 0 N–H and O–H groups in total. The van der Waals surface area contributed by atoms with Gasteiger partial charge in [-0.25, -0.2) is 19.2 Å². The Morgan fingerprint density at radius 1 is 0.711 bits per heavy atom. The summed E-state index contributed by atoms with van der Waals surface area (Å²) in [6.45, 7) is 4.45. The average molecular weight is 519 g/mol. The summed E-state index contributed by atoms with van der Waals surface area (Å²) >= 11 is 0. The Labute approximate surface area is 228 Å². The van der Waals surface area contributed by atoms with E-state index in [2.05, 4.69) is 23.8 Å². The number of carbonyl (C=O) groups excluding carboxylic acids is 1. The van der Waals surface area contributed by atoms with Crippen LogP contribution in [0.15, 0.2) is 54.9 Å².